The molecule has 0 fully saturated rings. The van der Waals surface area contributed by atoms with E-state index in [-0.39, 0.29) is 5.92 Å². The van der Waals surface area contributed by atoms with Crippen LogP contribution in [-0.4, -0.2) is 16.0 Å². The Morgan fingerprint density at radius 2 is 2.11 bits per heavy atom. The van der Waals surface area contributed by atoms with Crippen LogP contribution >= 0.6 is 11.6 Å². The summed E-state index contributed by atoms with van der Waals surface area (Å²) < 4.78 is 0. The normalized spacial score (nSPS) is 19.3. The molecule has 0 bridgehead atoms. The molecule has 0 radical (unpaired) electrons. The molecule has 1 heterocycles. The van der Waals surface area contributed by atoms with Crippen LogP contribution in [0.3, 0.4) is 0 Å². The highest BCUT2D eigenvalue weighted by Gasteiger charge is 2.15. The van der Waals surface area contributed by atoms with Gasteiger partial charge < -0.3 is 5.32 Å². The van der Waals surface area contributed by atoms with Crippen molar-refractivity contribution in [3.05, 3.63) is 28.7 Å². The van der Waals surface area contributed by atoms with Gasteiger partial charge in [0.25, 0.3) is 0 Å². The summed E-state index contributed by atoms with van der Waals surface area (Å²) in [5, 5.41) is 4.06. The molecule has 4 heteroatoms. The third-order valence-corrected chi connectivity index (χ3v) is 3.60. The molecule has 18 heavy (non-hydrogen) atoms. The molecule has 1 aromatic heterocycles. The first kappa shape index (κ1) is 13.3. The topological polar surface area (TPSA) is 37.8 Å². The van der Waals surface area contributed by atoms with Crippen LogP contribution in [0.4, 0.5) is 5.82 Å². The third kappa shape index (κ3) is 3.02. The van der Waals surface area contributed by atoms with Gasteiger partial charge in [-0.15, -0.1) is 0 Å². The highest BCUT2D eigenvalue weighted by molar-refractivity contribution is 6.30. The first-order valence-electron chi connectivity index (χ1n) is 6.53. The lowest BCUT2D eigenvalue weighted by atomic mass is 10.0. The van der Waals surface area contributed by atoms with Crippen LogP contribution in [0.15, 0.2) is 12.2 Å². The number of nitrogens with one attached hydrogen (secondary N) is 1. The number of allylic oxidation sites excluding steroid dienone is 1. The van der Waals surface area contributed by atoms with Crippen molar-refractivity contribution in [2.24, 2.45) is 0 Å². The first-order chi connectivity index (χ1) is 8.58. The maximum absolute atomic E-state index is 6.18. The molecule has 0 spiro atoms. The monoisotopic (exact) mass is 265 g/mol. The van der Waals surface area contributed by atoms with E-state index < -0.39 is 0 Å². The van der Waals surface area contributed by atoms with Crippen molar-refractivity contribution in [1.82, 2.24) is 9.97 Å². The van der Waals surface area contributed by atoms with Crippen molar-refractivity contribution in [2.75, 3.05) is 5.32 Å². The fraction of sp³-hybridized carbons (Fsp3) is 0.571. The van der Waals surface area contributed by atoms with Crippen molar-refractivity contribution in [2.45, 2.75) is 52.0 Å². The lowest BCUT2D eigenvalue weighted by Gasteiger charge is -2.22. The maximum Gasteiger partial charge on any atom is 0.137 e. The van der Waals surface area contributed by atoms with Gasteiger partial charge in [0.1, 0.15) is 16.8 Å². The zero-order valence-corrected chi connectivity index (χ0v) is 12.0. The standard InChI is InChI=1S/C14H20ClN3/c1-9(2)13-17-12(15)10(3)14(18-13)16-11-7-5-4-6-8-11/h4-5,9,11H,6-8H2,1-3H3,(H,16,17,18). The van der Waals surface area contributed by atoms with Gasteiger partial charge in [-0.1, -0.05) is 37.6 Å². The van der Waals surface area contributed by atoms with Crippen molar-refractivity contribution < 1.29 is 0 Å². The first-order valence-corrected chi connectivity index (χ1v) is 6.91. The number of anilines is 1. The summed E-state index contributed by atoms with van der Waals surface area (Å²) in [4.78, 5) is 8.92. The summed E-state index contributed by atoms with van der Waals surface area (Å²) in [6.45, 7) is 6.12. The Hall–Kier alpha value is -1.09. The van der Waals surface area contributed by atoms with Crippen molar-refractivity contribution >= 4 is 17.4 Å². The number of rotatable bonds is 3. The number of halogens is 1. The van der Waals surface area contributed by atoms with E-state index in [9.17, 15) is 0 Å². The van der Waals surface area contributed by atoms with E-state index in [2.05, 4.69) is 41.3 Å². The molecule has 0 saturated heterocycles. The van der Waals surface area contributed by atoms with Crippen LogP contribution < -0.4 is 5.32 Å². The smallest absolute Gasteiger partial charge is 0.137 e. The second-order valence-electron chi connectivity index (χ2n) is 5.13. The van der Waals surface area contributed by atoms with Gasteiger partial charge in [-0.2, -0.15) is 0 Å². The summed E-state index contributed by atoms with van der Waals surface area (Å²) in [6, 6.07) is 0.458. The Morgan fingerprint density at radius 1 is 1.33 bits per heavy atom. The highest BCUT2D eigenvalue weighted by Crippen LogP contribution is 2.25. The van der Waals surface area contributed by atoms with E-state index in [1.165, 1.54) is 0 Å². The van der Waals surface area contributed by atoms with Gasteiger partial charge in [-0.25, -0.2) is 9.97 Å². The van der Waals surface area contributed by atoms with E-state index in [0.29, 0.717) is 11.2 Å². The van der Waals surface area contributed by atoms with Gasteiger partial charge in [0.2, 0.25) is 0 Å². The van der Waals surface area contributed by atoms with Gasteiger partial charge in [0, 0.05) is 17.5 Å². The molecule has 1 aliphatic rings. The number of aromatic nitrogens is 2. The molecule has 0 aromatic carbocycles. The second-order valence-corrected chi connectivity index (χ2v) is 5.48. The Labute approximate surface area is 114 Å². The average molecular weight is 266 g/mol. The van der Waals surface area contributed by atoms with Crippen LogP contribution in [0.2, 0.25) is 5.15 Å². The van der Waals surface area contributed by atoms with Crippen LogP contribution in [0.1, 0.15) is 50.4 Å². The average Bonchev–Trinajstić information content (AvgIpc) is 2.35. The summed E-state index contributed by atoms with van der Waals surface area (Å²) in [5.74, 6) is 1.98. The predicted molar refractivity (Wildman–Crippen MR) is 76.3 cm³/mol. The van der Waals surface area contributed by atoms with Crippen LogP contribution in [-0.2, 0) is 0 Å². The fourth-order valence-electron chi connectivity index (χ4n) is 2.02. The molecule has 3 nitrogen and oxygen atoms in total. The minimum atomic E-state index is 0.287. The van der Waals surface area contributed by atoms with Crippen LogP contribution in [0.5, 0.6) is 0 Å². The van der Waals surface area contributed by atoms with Crippen molar-refractivity contribution in [1.29, 1.82) is 0 Å². The summed E-state index contributed by atoms with van der Waals surface area (Å²) in [6.07, 6.45) is 7.79. The van der Waals surface area contributed by atoms with Crippen LogP contribution in [0.25, 0.3) is 0 Å². The van der Waals surface area contributed by atoms with Gasteiger partial charge in [0.15, 0.2) is 0 Å². The largest absolute Gasteiger partial charge is 0.367 e. The third-order valence-electron chi connectivity index (χ3n) is 3.23. The SMILES string of the molecule is Cc1c(Cl)nc(C(C)C)nc1NC1CC=CCC1. The number of nitrogens with zero attached hydrogens (tertiary/aromatic N) is 2. The minimum Gasteiger partial charge on any atom is -0.367 e. The lowest BCUT2D eigenvalue weighted by Crippen LogP contribution is -2.22. The Bertz CT molecular complexity index is 455. The number of hydrogen-bond acceptors (Lipinski definition) is 3. The van der Waals surface area contributed by atoms with Crippen LogP contribution in [0, 0.1) is 6.92 Å². The summed E-state index contributed by atoms with van der Waals surface area (Å²) in [7, 11) is 0. The Kier molecular flexibility index (Phi) is 4.23. The summed E-state index contributed by atoms with van der Waals surface area (Å²) in [5.41, 5.74) is 0.940. The minimum absolute atomic E-state index is 0.287. The molecular weight excluding hydrogens is 246 g/mol. The number of hydrogen-bond donors (Lipinski definition) is 1. The fourth-order valence-corrected chi connectivity index (χ4v) is 2.20. The van der Waals surface area contributed by atoms with E-state index in [0.717, 1.165) is 36.5 Å². The van der Waals surface area contributed by atoms with Crippen molar-refractivity contribution in [3.8, 4) is 0 Å². The van der Waals surface area contributed by atoms with E-state index in [1.54, 1.807) is 0 Å². The van der Waals surface area contributed by atoms with Gasteiger partial charge >= 0.3 is 0 Å². The van der Waals surface area contributed by atoms with E-state index >= 15 is 0 Å². The maximum atomic E-state index is 6.18. The molecule has 1 aromatic rings. The molecule has 1 atom stereocenters. The molecule has 0 aliphatic heterocycles. The molecule has 2 rings (SSSR count). The molecule has 1 unspecified atom stereocenters. The molecule has 1 N–H and O–H groups in total. The Morgan fingerprint density at radius 3 is 2.72 bits per heavy atom. The van der Waals surface area contributed by atoms with Crippen molar-refractivity contribution in [3.63, 3.8) is 0 Å². The molecule has 1 aliphatic carbocycles. The zero-order valence-electron chi connectivity index (χ0n) is 11.2. The quantitative estimate of drug-likeness (QED) is 0.661. The highest BCUT2D eigenvalue weighted by atomic mass is 35.5. The van der Waals surface area contributed by atoms with Gasteiger partial charge in [-0.3, -0.25) is 0 Å². The van der Waals surface area contributed by atoms with E-state index in [1.807, 2.05) is 6.92 Å². The predicted octanol–water partition coefficient (Wildman–Crippen LogP) is 4.08. The zero-order chi connectivity index (χ0) is 13.1. The molecule has 0 saturated carbocycles. The summed E-state index contributed by atoms with van der Waals surface area (Å²) >= 11 is 6.18. The van der Waals surface area contributed by atoms with Gasteiger partial charge in [0.05, 0.1) is 0 Å². The lowest BCUT2D eigenvalue weighted by molar-refractivity contribution is 0.639. The Balaban J connectivity index is 2.22. The van der Waals surface area contributed by atoms with E-state index in [4.69, 9.17) is 11.6 Å². The molecule has 0 amide bonds. The second kappa shape index (κ2) is 5.70. The van der Waals surface area contributed by atoms with Gasteiger partial charge in [-0.05, 0) is 26.2 Å². The molecule has 98 valence electrons. The molecular formula is C14H20ClN3.